The molecule has 1 aliphatic rings. The van der Waals surface area contributed by atoms with Gasteiger partial charge in [0.25, 0.3) is 0 Å². The molecule has 2 rings (SSSR count). The van der Waals surface area contributed by atoms with Crippen LogP contribution in [0.1, 0.15) is 25.3 Å². The lowest BCUT2D eigenvalue weighted by molar-refractivity contribution is 0.0907. The number of hydrogen-bond acceptors (Lipinski definition) is 3. The first-order chi connectivity index (χ1) is 10.0. The number of nitrogens with one attached hydrogen (secondary N) is 1. The third-order valence-corrected chi connectivity index (χ3v) is 4.04. The highest BCUT2D eigenvalue weighted by Crippen LogP contribution is 2.15. The van der Waals surface area contributed by atoms with Crippen LogP contribution in [0.5, 0.6) is 0 Å². The van der Waals surface area contributed by atoms with E-state index in [0.717, 1.165) is 25.1 Å². The Hall–Kier alpha value is -1.04. The largest absolute Gasteiger partial charge is 0.390 e. The summed E-state index contributed by atoms with van der Waals surface area (Å²) in [6.07, 6.45) is 1.94. The van der Waals surface area contributed by atoms with E-state index in [1.54, 1.807) is 6.07 Å². The van der Waals surface area contributed by atoms with Gasteiger partial charge in [0.15, 0.2) is 11.6 Å². The molecule has 3 nitrogen and oxygen atoms in total. The minimum atomic E-state index is -0.836. The van der Waals surface area contributed by atoms with Crippen LogP contribution in [0.4, 0.5) is 8.78 Å². The molecule has 0 aliphatic carbocycles. The Morgan fingerprint density at radius 3 is 2.67 bits per heavy atom. The summed E-state index contributed by atoms with van der Waals surface area (Å²) >= 11 is 0. The summed E-state index contributed by atoms with van der Waals surface area (Å²) in [5.41, 5.74) is 0.674. The highest BCUT2D eigenvalue weighted by atomic mass is 19.2. The fraction of sp³-hybridized carbons (Fsp3) is 0.625. The lowest BCUT2D eigenvalue weighted by Gasteiger charge is -2.31. The van der Waals surface area contributed by atoms with E-state index in [4.69, 9.17) is 0 Å². The molecule has 1 unspecified atom stereocenters. The zero-order valence-electron chi connectivity index (χ0n) is 12.5. The van der Waals surface area contributed by atoms with Crippen LogP contribution < -0.4 is 5.32 Å². The number of β-amino-alcohol motifs (C(OH)–C–C–N with tert-alkyl or cyclic N) is 1. The van der Waals surface area contributed by atoms with E-state index in [9.17, 15) is 13.9 Å². The lowest BCUT2D eigenvalue weighted by atomic mass is 9.99. The normalized spacial score (nSPS) is 18.9. The first kappa shape index (κ1) is 16.3. The zero-order chi connectivity index (χ0) is 15.2. The summed E-state index contributed by atoms with van der Waals surface area (Å²) in [6.45, 7) is 5.88. The van der Waals surface area contributed by atoms with Crippen LogP contribution >= 0.6 is 0 Å². The fourth-order valence-electron chi connectivity index (χ4n) is 2.64. The second kappa shape index (κ2) is 7.82. The van der Waals surface area contributed by atoms with E-state index in [2.05, 4.69) is 17.1 Å². The van der Waals surface area contributed by atoms with Crippen molar-refractivity contribution in [1.29, 1.82) is 0 Å². The van der Waals surface area contributed by atoms with Crippen molar-refractivity contribution in [3.8, 4) is 0 Å². The molecule has 0 aromatic heterocycles. The SMILES string of the molecule is CC1CCN(CC(O)CNCc2ccc(F)c(F)c2)CC1. The predicted octanol–water partition coefficient (Wildman–Crippen LogP) is 2.15. The van der Waals surface area contributed by atoms with Crippen molar-refractivity contribution in [3.63, 3.8) is 0 Å². The second-order valence-electron chi connectivity index (χ2n) is 6.02. The summed E-state index contributed by atoms with van der Waals surface area (Å²) in [7, 11) is 0. The molecule has 0 spiro atoms. The number of likely N-dealkylation sites (tertiary alicyclic amines) is 1. The van der Waals surface area contributed by atoms with Crippen LogP contribution in [-0.2, 0) is 6.54 Å². The Labute approximate surface area is 125 Å². The highest BCUT2D eigenvalue weighted by molar-refractivity contribution is 5.17. The first-order valence-electron chi connectivity index (χ1n) is 7.59. The maximum Gasteiger partial charge on any atom is 0.159 e. The first-order valence-corrected chi connectivity index (χ1v) is 7.59. The van der Waals surface area contributed by atoms with Gasteiger partial charge < -0.3 is 15.3 Å². The molecular formula is C16H24F2N2O. The molecule has 1 saturated heterocycles. The molecule has 2 N–H and O–H groups in total. The highest BCUT2D eigenvalue weighted by Gasteiger charge is 2.18. The summed E-state index contributed by atoms with van der Waals surface area (Å²) in [4.78, 5) is 2.28. The third kappa shape index (κ3) is 5.34. The number of piperidine rings is 1. The standard InChI is InChI=1S/C16H24F2N2O/c1-12-4-6-20(7-5-12)11-14(21)10-19-9-13-2-3-15(17)16(18)8-13/h2-3,8,12,14,19,21H,4-7,9-11H2,1H3. The Balaban J connectivity index is 1.66. The van der Waals surface area contributed by atoms with Gasteiger partial charge in [-0.1, -0.05) is 13.0 Å². The zero-order valence-corrected chi connectivity index (χ0v) is 12.5. The molecule has 1 fully saturated rings. The van der Waals surface area contributed by atoms with E-state index in [-0.39, 0.29) is 0 Å². The van der Waals surface area contributed by atoms with Gasteiger partial charge in [0.05, 0.1) is 6.10 Å². The number of rotatable bonds is 6. The van der Waals surface area contributed by atoms with Crippen LogP contribution in [0.15, 0.2) is 18.2 Å². The minimum absolute atomic E-state index is 0.422. The summed E-state index contributed by atoms with van der Waals surface area (Å²) in [5.74, 6) is -0.889. The molecular weight excluding hydrogens is 274 g/mol. The summed E-state index contributed by atoms with van der Waals surface area (Å²) in [5, 5.41) is 13.1. The monoisotopic (exact) mass is 298 g/mol. The molecule has 0 bridgehead atoms. The van der Waals surface area contributed by atoms with E-state index in [1.165, 1.54) is 18.9 Å². The maximum absolute atomic E-state index is 13.0. The molecule has 1 heterocycles. The van der Waals surface area contributed by atoms with Gasteiger partial charge in [0.2, 0.25) is 0 Å². The molecule has 1 aromatic carbocycles. The average molecular weight is 298 g/mol. The number of benzene rings is 1. The van der Waals surface area contributed by atoms with Crippen LogP contribution in [0, 0.1) is 17.6 Å². The third-order valence-electron chi connectivity index (χ3n) is 4.04. The molecule has 21 heavy (non-hydrogen) atoms. The van der Waals surface area contributed by atoms with Crippen LogP contribution in [0.3, 0.4) is 0 Å². The van der Waals surface area contributed by atoms with Gasteiger partial charge in [-0.25, -0.2) is 8.78 Å². The van der Waals surface area contributed by atoms with Crippen LogP contribution in [0.25, 0.3) is 0 Å². The van der Waals surface area contributed by atoms with E-state index < -0.39 is 17.7 Å². The predicted molar refractivity (Wildman–Crippen MR) is 78.9 cm³/mol. The summed E-state index contributed by atoms with van der Waals surface area (Å²) < 4.78 is 25.8. The molecule has 0 radical (unpaired) electrons. The van der Waals surface area contributed by atoms with Gasteiger partial charge in [0, 0.05) is 19.6 Å². The van der Waals surface area contributed by atoms with Gasteiger partial charge >= 0.3 is 0 Å². The second-order valence-corrected chi connectivity index (χ2v) is 6.02. The van der Waals surface area contributed by atoms with Crippen LogP contribution in [0.2, 0.25) is 0 Å². The Morgan fingerprint density at radius 2 is 2.00 bits per heavy atom. The Kier molecular flexibility index (Phi) is 6.08. The molecule has 118 valence electrons. The Morgan fingerprint density at radius 1 is 1.29 bits per heavy atom. The molecule has 0 saturated carbocycles. The van der Waals surface area contributed by atoms with Crippen molar-refractivity contribution in [1.82, 2.24) is 10.2 Å². The van der Waals surface area contributed by atoms with Gasteiger partial charge in [-0.3, -0.25) is 0 Å². The van der Waals surface area contributed by atoms with E-state index >= 15 is 0 Å². The van der Waals surface area contributed by atoms with E-state index in [1.807, 2.05) is 0 Å². The Bertz CT molecular complexity index is 448. The van der Waals surface area contributed by atoms with Crippen molar-refractivity contribution in [3.05, 3.63) is 35.4 Å². The average Bonchev–Trinajstić information content (AvgIpc) is 2.45. The van der Waals surface area contributed by atoms with Crippen molar-refractivity contribution >= 4 is 0 Å². The number of halogens is 2. The van der Waals surface area contributed by atoms with Crippen LogP contribution in [-0.4, -0.2) is 42.3 Å². The number of hydrogen-bond donors (Lipinski definition) is 2. The fourth-order valence-corrected chi connectivity index (χ4v) is 2.64. The van der Waals surface area contributed by atoms with Crippen molar-refractivity contribution in [2.75, 3.05) is 26.2 Å². The van der Waals surface area contributed by atoms with Crippen molar-refractivity contribution in [2.24, 2.45) is 5.92 Å². The molecule has 5 heteroatoms. The number of nitrogens with zero attached hydrogens (tertiary/aromatic N) is 1. The molecule has 1 aliphatic heterocycles. The van der Waals surface area contributed by atoms with Gasteiger partial charge in [-0.15, -0.1) is 0 Å². The van der Waals surface area contributed by atoms with E-state index in [0.29, 0.717) is 25.2 Å². The topological polar surface area (TPSA) is 35.5 Å². The number of aliphatic hydroxyl groups excluding tert-OH is 1. The van der Waals surface area contributed by atoms with Gasteiger partial charge in [-0.05, 0) is 49.5 Å². The van der Waals surface area contributed by atoms with Crippen molar-refractivity contribution in [2.45, 2.75) is 32.4 Å². The quantitative estimate of drug-likeness (QED) is 0.845. The smallest absolute Gasteiger partial charge is 0.159 e. The van der Waals surface area contributed by atoms with Gasteiger partial charge in [-0.2, -0.15) is 0 Å². The summed E-state index contributed by atoms with van der Waals surface area (Å²) in [6, 6.07) is 3.85. The maximum atomic E-state index is 13.0. The van der Waals surface area contributed by atoms with Gasteiger partial charge in [0.1, 0.15) is 0 Å². The number of aliphatic hydroxyl groups is 1. The van der Waals surface area contributed by atoms with Crippen molar-refractivity contribution < 1.29 is 13.9 Å². The molecule has 0 amide bonds. The molecule has 1 atom stereocenters. The minimum Gasteiger partial charge on any atom is -0.390 e. The molecule has 1 aromatic rings. The lowest BCUT2D eigenvalue weighted by Crippen LogP contribution is -2.41.